The fourth-order valence-corrected chi connectivity index (χ4v) is 3.48. The topological polar surface area (TPSA) is 40.2 Å². The molecule has 0 spiro atoms. The van der Waals surface area contributed by atoms with Crippen molar-refractivity contribution in [3.8, 4) is 10.6 Å². The summed E-state index contributed by atoms with van der Waals surface area (Å²) < 4.78 is 1.20. The van der Waals surface area contributed by atoms with Gasteiger partial charge < -0.3 is 15.5 Å². The van der Waals surface area contributed by atoms with E-state index in [0.29, 0.717) is 5.11 Å². The Kier molecular flexibility index (Phi) is 5.40. The fourth-order valence-electron chi connectivity index (χ4n) is 2.29. The molecule has 24 heavy (non-hydrogen) atoms. The van der Waals surface area contributed by atoms with Gasteiger partial charge in [-0.3, -0.25) is 0 Å². The number of fused-ring (bicyclic) bond motifs is 1. The standard InChI is InChI=1S/C18H20N4S2/c1-22(2)11-10-19-18(23)20-14-7-5-6-13(12-14)17-21-15-8-3-4-9-16(15)24-17/h3-9,12H,10-11H2,1-2H3,(H2,19,20,23). The van der Waals surface area contributed by atoms with Gasteiger partial charge in [-0.1, -0.05) is 24.3 Å². The van der Waals surface area contributed by atoms with Crippen molar-refractivity contribution in [2.75, 3.05) is 32.5 Å². The van der Waals surface area contributed by atoms with Crippen molar-refractivity contribution in [3.63, 3.8) is 0 Å². The maximum atomic E-state index is 5.35. The molecule has 0 saturated heterocycles. The zero-order valence-electron chi connectivity index (χ0n) is 13.7. The number of thiazole rings is 1. The summed E-state index contributed by atoms with van der Waals surface area (Å²) in [5.41, 5.74) is 3.10. The summed E-state index contributed by atoms with van der Waals surface area (Å²) in [6, 6.07) is 16.4. The number of benzene rings is 2. The van der Waals surface area contributed by atoms with Crippen molar-refractivity contribution in [1.29, 1.82) is 0 Å². The third kappa shape index (κ3) is 4.29. The van der Waals surface area contributed by atoms with Gasteiger partial charge in [0.05, 0.1) is 10.2 Å². The van der Waals surface area contributed by atoms with Gasteiger partial charge >= 0.3 is 0 Å². The van der Waals surface area contributed by atoms with Crippen molar-refractivity contribution >= 4 is 44.6 Å². The van der Waals surface area contributed by atoms with Gasteiger partial charge in [0.2, 0.25) is 0 Å². The quantitative estimate of drug-likeness (QED) is 0.680. The highest BCUT2D eigenvalue weighted by atomic mass is 32.1. The van der Waals surface area contributed by atoms with Crippen molar-refractivity contribution in [2.45, 2.75) is 0 Å². The Balaban J connectivity index is 1.71. The third-order valence-electron chi connectivity index (χ3n) is 3.51. The van der Waals surface area contributed by atoms with Crippen LogP contribution in [0.2, 0.25) is 0 Å². The minimum absolute atomic E-state index is 0.637. The molecule has 0 bridgehead atoms. The van der Waals surface area contributed by atoms with Gasteiger partial charge in [-0.05, 0) is 50.6 Å². The second-order valence-corrected chi connectivity index (χ2v) is 7.19. The molecule has 0 saturated carbocycles. The molecule has 1 aromatic heterocycles. The smallest absolute Gasteiger partial charge is 0.170 e. The molecule has 0 unspecified atom stereocenters. The molecule has 1 heterocycles. The SMILES string of the molecule is CN(C)CCNC(=S)Nc1cccc(-c2nc3ccccc3s2)c1. The van der Waals surface area contributed by atoms with Crippen LogP contribution in [0.5, 0.6) is 0 Å². The first-order valence-electron chi connectivity index (χ1n) is 7.77. The van der Waals surface area contributed by atoms with Crippen LogP contribution in [0.25, 0.3) is 20.8 Å². The van der Waals surface area contributed by atoms with E-state index >= 15 is 0 Å². The number of rotatable bonds is 5. The van der Waals surface area contributed by atoms with Crippen LogP contribution in [-0.2, 0) is 0 Å². The van der Waals surface area contributed by atoms with Crippen LogP contribution in [0.4, 0.5) is 5.69 Å². The minimum atomic E-state index is 0.637. The molecule has 4 nitrogen and oxygen atoms in total. The van der Waals surface area contributed by atoms with Gasteiger partial charge in [0, 0.05) is 24.3 Å². The van der Waals surface area contributed by atoms with E-state index < -0.39 is 0 Å². The number of nitrogens with one attached hydrogen (secondary N) is 2. The highest BCUT2D eigenvalue weighted by molar-refractivity contribution is 7.80. The molecule has 6 heteroatoms. The van der Waals surface area contributed by atoms with Crippen molar-refractivity contribution in [2.24, 2.45) is 0 Å². The Bertz CT molecular complexity index is 809. The Hall–Kier alpha value is -2.02. The second kappa shape index (κ2) is 7.70. The first-order chi connectivity index (χ1) is 11.6. The second-order valence-electron chi connectivity index (χ2n) is 5.75. The molecule has 0 aliphatic heterocycles. The zero-order valence-corrected chi connectivity index (χ0v) is 15.4. The first-order valence-corrected chi connectivity index (χ1v) is 9.00. The number of para-hydroxylation sites is 1. The van der Waals surface area contributed by atoms with Gasteiger partial charge in [-0.15, -0.1) is 11.3 Å². The summed E-state index contributed by atoms with van der Waals surface area (Å²) in [5.74, 6) is 0. The Morgan fingerprint density at radius 3 is 2.79 bits per heavy atom. The molecular formula is C18H20N4S2. The van der Waals surface area contributed by atoms with Gasteiger partial charge in [-0.25, -0.2) is 4.98 Å². The zero-order chi connectivity index (χ0) is 16.9. The van der Waals surface area contributed by atoms with E-state index in [2.05, 4.69) is 33.7 Å². The number of nitrogens with zero attached hydrogens (tertiary/aromatic N) is 2. The van der Waals surface area contributed by atoms with Crippen molar-refractivity contribution < 1.29 is 0 Å². The van der Waals surface area contributed by atoms with Crippen LogP contribution >= 0.6 is 23.6 Å². The van der Waals surface area contributed by atoms with Gasteiger partial charge in [-0.2, -0.15) is 0 Å². The van der Waals surface area contributed by atoms with Crippen LogP contribution in [-0.4, -0.2) is 42.2 Å². The van der Waals surface area contributed by atoms with Crippen LogP contribution < -0.4 is 10.6 Å². The predicted octanol–water partition coefficient (Wildman–Crippen LogP) is 3.81. The molecule has 0 fully saturated rings. The number of thiocarbonyl (C=S) groups is 1. The summed E-state index contributed by atoms with van der Waals surface area (Å²) in [5, 5.41) is 8.10. The number of likely N-dealkylation sites (N-methyl/N-ethyl adjacent to an activating group) is 1. The largest absolute Gasteiger partial charge is 0.361 e. The highest BCUT2D eigenvalue weighted by Gasteiger charge is 2.07. The normalized spacial score (nSPS) is 11.0. The van der Waals surface area contributed by atoms with E-state index in [0.717, 1.165) is 34.9 Å². The molecule has 0 aliphatic rings. The molecular weight excluding hydrogens is 336 g/mol. The Labute approximate surface area is 151 Å². The average Bonchev–Trinajstić information content (AvgIpc) is 2.99. The molecule has 2 aromatic carbocycles. The third-order valence-corrected chi connectivity index (χ3v) is 4.84. The van der Waals surface area contributed by atoms with Crippen LogP contribution in [0.3, 0.4) is 0 Å². The van der Waals surface area contributed by atoms with E-state index in [1.807, 2.05) is 44.4 Å². The predicted molar refractivity (Wildman–Crippen MR) is 108 cm³/mol. The fraction of sp³-hybridized carbons (Fsp3) is 0.222. The lowest BCUT2D eigenvalue weighted by atomic mass is 10.2. The van der Waals surface area contributed by atoms with Gasteiger partial charge in [0.15, 0.2) is 5.11 Å². The molecule has 0 radical (unpaired) electrons. The van der Waals surface area contributed by atoms with E-state index in [9.17, 15) is 0 Å². The lowest BCUT2D eigenvalue weighted by Crippen LogP contribution is -2.34. The Morgan fingerprint density at radius 1 is 1.17 bits per heavy atom. The lowest BCUT2D eigenvalue weighted by Gasteiger charge is -2.13. The number of hydrogen-bond acceptors (Lipinski definition) is 4. The summed E-state index contributed by atoms with van der Waals surface area (Å²) in [7, 11) is 4.08. The van der Waals surface area contributed by atoms with Crippen LogP contribution in [0.15, 0.2) is 48.5 Å². The monoisotopic (exact) mass is 356 g/mol. The number of hydrogen-bond donors (Lipinski definition) is 2. The van der Waals surface area contributed by atoms with Crippen molar-refractivity contribution in [1.82, 2.24) is 15.2 Å². The van der Waals surface area contributed by atoms with Gasteiger partial charge in [0.1, 0.15) is 5.01 Å². The molecule has 3 rings (SSSR count). The molecule has 124 valence electrons. The van der Waals surface area contributed by atoms with E-state index in [-0.39, 0.29) is 0 Å². The van der Waals surface area contributed by atoms with Gasteiger partial charge in [0.25, 0.3) is 0 Å². The Morgan fingerprint density at radius 2 is 2.00 bits per heavy atom. The molecule has 0 aliphatic carbocycles. The maximum Gasteiger partial charge on any atom is 0.170 e. The van der Waals surface area contributed by atoms with Crippen LogP contribution in [0, 0.1) is 0 Å². The number of anilines is 1. The average molecular weight is 357 g/mol. The van der Waals surface area contributed by atoms with E-state index in [1.54, 1.807) is 11.3 Å². The number of aromatic nitrogens is 1. The minimum Gasteiger partial charge on any atom is -0.361 e. The maximum absolute atomic E-state index is 5.35. The summed E-state index contributed by atoms with van der Waals surface area (Å²) in [6.45, 7) is 1.75. The summed E-state index contributed by atoms with van der Waals surface area (Å²) >= 11 is 7.05. The van der Waals surface area contributed by atoms with Crippen LogP contribution in [0.1, 0.15) is 0 Å². The van der Waals surface area contributed by atoms with E-state index in [1.165, 1.54) is 4.70 Å². The molecule has 3 aromatic rings. The molecule has 0 amide bonds. The molecule has 2 N–H and O–H groups in total. The summed E-state index contributed by atoms with van der Waals surface area (Å²) in [6.07, 6.45) is 0. The highest BCUT2D eigenvalue weighted by Crippen LogP contribution is 2.31. The first kappa shape index (κ1) is 16.8. The molecule has 0 atom stereocenters. The lowest BCUT2D eigenvalue weighted by molar-refractivity contribution is 0.413. The summed E-state index contributed by atoms with van der Waals surface area (Å²) in [4.78, 5) is 6.82. The van der Waals surface area contributed by atoms with Crippen molar-refractivity contribution in [3.05, 3.63) is 48.5 Å². The van der Waals surface area contributed by atoms with E-state index in [4.69, 9.17) is 17.2 Å².